The van der Waals surface area contributed by atoms with E-state index in [1.807, 2.05) is 27.7 Å². The number of pyridine rings is 1. The highest BCUT2D eigenvalue weighted by Crippen LogP contribution is 2.34. The highest BCUT2D eigenvalue weighted by molar-refractivity contribution is 7.92. The zero-order valence-electron chi connectivity index (χ0n) is 17.2. The quantitative estimate of drug-likeness (QED) is 0.604. The number of sulfone groups is 1. The van der Waals surface area contributed by atoms with Gasteiger partial charge in [0.1, 0.15) is 0 Å². The van der Waals surface area contributed by atoms with Crippen LogP contribution in [0.2, 0.25) is 0 Å². The van der Waals surface area contributed by atoms with E-state index < -0.39 is 31.8 Å². The highest BCUT2D eigenvalue weighted by Gasteiger charge is 2.48. The predicted molar refractivity (Wildman–Crippen MR) is 110 cm³/mol. The summed E-state index contributed by atoms with van der Waals surface area (Å²) in [7, 11) is -5.65. The summed E-state index contributed by atoms with van der Waals surface area (Å²) in [5.41, 5.74) is -4.77. The summed E-state index contributed by atoms with van der Waals surface area (Å²) in [5.74, 6) is -0.799. The van der Waals surface area contributed by atoms with E-state index in [9.17, 15) is 26.4 Å². The Labute approximate surface area is 177 Å². The van der Waals surface area contributed by atoms with E-state index in [0.29, 0.717) is 16.7 Å². The number of benzene rings is 1. The summed E-state index contributed by atoms with van der Waals surface area (Å²) in [6, 6.07) is 5.90. The fourth-order valence-electron chi connectivity index (χ4n) is 3.02. The molecule has 0 aliphatic heterocycles. The van der Waals surface area contributed by atoms with Crippen LogP contribution in [0.25, 0.3) is 11.0 Å². The summed E-state index contributed by atoms with van der Waals surface area (Å²) in [5, 5.41) is 6.99. The SMILES string of the molecule is CC(C)c1cc(C(=O)Nc2ccccc2S(=O)(=O)C(F)(F)F)c2cnn(C(C)C)c2n1. The molecule has 0 aliphatic rings. The standard InChI is InChI=1S/C20H21F3N4O3S/c1-11(2)16-9-13(14-10-24-27(12(3)4)18(14)25-16)19(28)26-15-7-5-6-8-17(15)31(29,30)20(21,22)23/h5-12H,1-4H3,(H,26,28). The molecule has 0 aliphatic carbocycles. The second-order valence-electron chi connectivity index (χ2n) is 7.57. The molecule has 0 saturated heterocycles. The van der Waals surface area contributed by atoms with Gasteiger partial charge in [0.25, 0.3) is 15.7 Å². The molecule has 31 heavy (non-hydrogen) atoms. The van der Waals surface area contributed by atoms with Gasteiger partial charge in [0.2, 0.25) is 0 Å². The first-order valence-electron chi connectivity index (χ1n) is 9.44. The third-order valence-corrected chi connectivity index (χ3v) is 6.19. The monoisotopic (exact) mass is 454 g/mol. The van der Waals surface area contributed by atoms with E-state index in [-0.39, 0.29) is 17.5 Å². The van der Waals surface area contributed by atoms with Gasteiger partial charge in [-0.25, -0.2) is 18.1 Å². The number of amides is 1. The van der Waals surface area contributed by atoms with Gasteiger partial charge in [0.15, 0.2) is 5.65 Å². The van der Waals surface area contributed by atoms with Gasteiger partial charge >= 0.3 is 5.51 Å². The number of anilines is 1. The average Bonchev–Trinajstić information content (AvgIpc) is 3.10. The van der Waals surface area contributed by atoms with E-state index in [4.69, 9.17) is 0 Å². The van der Waals surface area contributed by atoms with E-state index in [0.717, 1.165) is 18.2 Å². The van der Waals surface area contributed by atoms with Crippen LogP contribution in [0.15, 0.2) is 41.4 Å². The van der Waals surface area contributed by atoms with Crippen LogP contribution in [-0.4, -0.2) is 34.6 Å². The Bertz CT molecular complexity index is 1250. The van der Waals surface area contributed by atoms with Crippen LogP contribution in [-0.2, 0) is 9.84 Å². The van der Waals surface area contributed by atoms with Crippen LogP contribution in [0.1, 0.15) is 55.7 Å². The summed E-state index contributed by atoms with van der Waals surface area (Å²) in [6.07, 6.45) is 1.46. The number of nitrogens with zero attached hydrogens (tertiary/aromatic N) is 3. The first kappa shape index (κ1) is 22.7. The highest BCUT2D eigenvalue weighted by atomic mass is 32.2. The zero-order chi connectivity index (χ0) is 23.1. The molecule has 11 heteroatoms. The number of hydrogen-bond acceptors (Lipinski definition) is 5. The van der Waals surface area contributed by atoms with Gasteiger partial charge in [0, 0.05) is 11.7 Å². The number of aromatic nitrogens is 3. The van der Waals surface area contributed by atoms with Crippen LogP contribution in [0.3, 0.4) is 0 Å². The molecule has 0 saturated carbocycles. The van der Waals surface area contributed by atoms with E-state index in [1.54, 1.807) is 4.68 Å². The number of nitrogens with one attached hydrogen (secondary N) is 1. The molecule has 0 fully saturated rings. The Morgan fingerprint density at radius 3 is 2.35 bits per heavy atom. The van der Waals surface area contributed by atoms with Crippen molar-refractivity contribution in [2.75, 3.05) is 5.32 Å². The molecule has 2 aromatic heterocycles. The molecule has 2 heterocycles. The fourth-order valence-corrected chi connectivity index (χ4v) is 3.93. The summed E-state index contributed by atoms with van der Waals surface area (Å²) >= 11 is 0. The second-order valence-corrected chi connectivity index (χ2v) is 9.48. The molecule has 7 nitrogen and oxygen atoms in total. The van der Waals surface area contributed by atoms with E-state index in [2.05, 4.69) is 15.4 Å². The number of alkyl halides is 3. The van der Waals surface area contributed by atoms with Crippen molar-refractivity contribution in [3.63, 3.8) is 0 Å². The van der Waals surface area contributed by atoms with Crippen molar-refractivity contribution >= 4 is 32.5 Å². The maximum absolute atomic E-state index is 13.1. The smallest absolute Gasteiger partial charge is 0.321 e. The van der Waals surface area contributed by atoms with Crippen LogP contribution >= 0.6 is 0 Å². The van der Waals surface area contributed by atoms with Gasteiger partial charge in [0.05, 0.1) is 27.7 Å². The van der Waals surface area contributed by atoms with Crippen molar-refractivity contribution in [1.29, 1.82) is 0 Å². The van der Waals surface area contributed by atoms with Crippen molar-refractivity contribution in [2.24, 2.45) is 0 Å². The summed E-state index contributed by atoms with van der Waals surface area (Å²) in [4.78, 5) is 16.6. The fraction of sp³-hybridized carbons (Fsp3) is 0.350. The van der Waals surface area contributed by atoms with Gasteiger partial charge in [-0.05, 0) is 38.0 Å². The Hall–Kier alpha value is -2.95. The molecule has 0 spiro atoms. The predicted octanol–water partition coefficient (Wildman–Crippen LogP) is 4.68. The first-order chi connectivity index (χ1) is 14.3. The Kier molecular flexibility index (Phi) is 5.83. The average molecular weight is 454 g/mol. The first-order valence-corrected chi connectivity index (χ1v) is 10.9. The van der Waals surface area contributed by atoms with Gasteiger partial charge in [-0.1, -0.05) is 26.0 Å². The number of carbonyl (C=O) groups is 1. The lowest BCUT2D eigenvalue weighted by Crippen LogP contribution is -2.25. The van der Waals surface area contributed by atoms with Gasteiger partial charge in [-0.2, -0.15) is 18.3 Å². The summed E-state index contributed by atoms with van der Waals surface area (Å²) in [6.45, 7) is 7.57. The molecule has 1 N–H and O–H groups in total. The molecule has 1 amide bonds. The lowest BCUT2D eigenvalue weighted by molar-refractivity contribution is -0.0435. The molecule has 0 unspecified atom stereocenters. The Balaban J connectivity index is 2.12. The van der Waals surface area contributed by atoms with Crippen molar-refractivity contribution < 1.29 is 26.4 Å². The molecule has 3 aromatic rings. The Morgan fingerprint density at radius 2 is 1.77 bits per heavy atom. The van der Waals surface area contributed by atoms with Crippen molar-refractivity contribution in [3.05, 3.63) is 47.8 Å². The third-order valence-electron chi connectivity index (χ3n) is 4.64. The van der Waals surface area contributed by atoms with E-state index >= 15 is 0 Å². The zero-order valence-corrected chi connectivity index (χ0v) is 18.0. The second kappa shape index (κ2) is 7.95. The van der Waals surface area contributed by atoms with Crippen molar-refractivity contribution in [3.8, 4) is 0 Å². The largest absolute Gasteiger partial charge is 0.501 e. The van der Waals surface area contributed by atoms with Crippen LogP contribution in [0.4, 0.5) is 18.9 Å². The molecule has 166 valence electrons. The number of para-hydroxylation sites is 1. The topological polar surface area (TPSA) is 94.0 Å². The lowest BCUT2D eigenvalue weighted by Gasteiger charge is -2.15. The maximum Gasteiger partial charge on any atom is 0.501 e. The van der Waals surface area contributed by atoms with E-state index in [1.165, 1.54) is 18.3 Å². The lowest BCUT2D eigenvalue weighted by atomic mass is 10.0. The third kappa shape index (κ3) is 4.14. The van der Waals surface area contributed by atoms with Crippen molar-refractivity contribution in [1.82, 2.24) is 14.8 Å². The number of rotatable bonds is 5. The molecule has 1 aromatic carbocycles. The summed E-state index contributed by atoms with van der Waals surface area (Å²) < 4.78 is 64.7. The number of carbonyl (C=O) groups excluding carboxylic acids is 1. The molecule has 0 atom stereocenters. The van der Waals surface area contributed by atoms with Gasteiger partial charge in [-0.3, -0.25) is 4.79 Å². The molecular formula is C20H21F3N4O3S. The Morgan fingerprint density at radius 1 is 1.13 bits per heavy atom. The number of halogens is 3. The number of fused-ring (bicyclic) bond motifs is 1. The normalized spacial score (nSPS) is 12.7. The maximum atomic E-state index is 13.1. The molecule has 3 rings (SSSR count). The number of hydrogen-bond donors (Lipinski definition) is 1. The molecule has 0 bridgehead atoms. The minimum atomic E-state index is -5.65. The van der Waals surface area contributed by atoms with Crippen LogP contribution in [0.5, 0.6) is 0 Å². The molecular weight excluding hydrogens is 433 g/mol. The van der Waals surface area contributed by atoms with Crippen LogP contribution < -0.4 is 5.32 Å². The van der Waals surface area contributed by atoms with Crippen LogP contribution in [0, 0.1) is 0 Å². The van der Waals surface area contributed by atoms with Crippen molar-refractivity contribution in [2.45, 2.75) is 50.1 Å². The minimum absolute atomic E-state index is 0.0376. The van der Waals surface area contributed by atoms with Gasteiger partial charge < -0.3 is 5.32 Å². The molecule has 0 radical (unpaired) electrons. The van der Waals surface area contributed by atoms with Gasteiger partial charge in [-0.15, -0.1) is 0 Å². The minimum Gasteiger partial charge on any atom is -0.321 e.